The number of carbonyl (C=O) groups is 1. The molecule has 0 rings (SSSR count). The SMILES string of the molecule is CCCCC(CCCC)C(=O)OCC.[SnH2]. The van der Waals surface area contributed by atoms with Crippen molar-refractivity contribution in [2.24, 2.45) is 5.92 Å². The molecule has 0 atom stereocenters. The quantitative estimate of drug-likeness (QED) is 0.507. The average molecular weight is 321 g/mol. The standard InChI is InChI=1S/C12H24O2.Sn.2H/c1-4-7-9-11(10-8-5-2)12(13)14-6-3;;;/h11H,4-10H2,1-3H3;;;. The summed E-state index contributed by atoms with van der Waals surface area (Å²) in [4.78, 5) is 11.5. The normalized spacial score (nSPS) is 9.87. The Morgan fingerprint density at radius 2 is 1.53 bits per heavy atom. The van der Waals surface area contributed by atoms with Crippen molar-refractivity contribution in [1.82, 2.24) is 0 Å². The first-order valence-corrected chi connectivity index (χ1v) is 5.92. The van der Waals surface area contributed by atoms with Gasteiger partial charge in [-0.15, -0.1) is 0 Å². The van der Waals surface area contributed by atoms with Crippen LogP contribution in [0.3, 0.4) is 0 Å². The van der Waals surface area contributed by atoms with Gasteiger partial charge in [0, 0.05) is 0 Å². The van der Waals surface area contributed by atoms with Crippen molar-refractivity contribution < 1.29 is 9.53 Å². The molecule has 2 nitrogen and oxygen atoms in total. The van der Waals surface area contributed by atoms with Gasteiger partial charge in [-0.3, -0.25) is 4.79 Å². The molecule has 0 spiro atoms. The molecule has 0 N–H and O–H groups in total. The van der Waals surface area contributed by atoms with E-state index in [0.717, 1.165) is 38.5 Å². The van der Waals surface area contributed by atoms with Crippen molar-refractivity contribution >= 4 is 29.9 Å². The van der Waals surface area contributed by atoms with Crippen LogP contribution in [-0.4, -0.2) is 36.5 Å². The number of rotatable bonds is 8. The third-order valence-electron chi connectivity index (χ3n) is 2.43. The molecule has 0 heterocycles. The minimum absolute atomic E-state index is 0. The molecule has 0 aliphatic carbocycles. The van der Waals surface area contributed by atoms with Gasteiger partial charge in [-0.1, -0.05) is 39.5 Å². The average Bonchev–Trinajstić information content (AvgIpc) is 2.18. The van der Waals surface area contributed by atoms with E-state index >= 15 is 0 Å². The van der Waals surface area contributed by atoms with Crippen LogP contribution in [-0.2, 0) is 9.53 Å². The first kappa shape index (κ1) is 17.7. The molecule has 0 aromatic heterocycles. The van der Waals surface area contributed by atoms with Gasteiger partial charge < -0.3 is 4.74 Å². The van der Waals surface area contributed by atoms with E-state index in [1.54, 1.807) is 0 Å². The fraction of sp³-hybridized carbons (Fsp3) is 0.917. The van der Waals surface area contributed by atoms with Gasteiger partial charge in [0.05, 0.1) is 12.5 Å². The first-order valence-electron chi connectivity index (χ1n) is 5.92. The van der Waals surface area contributed by atoms with Gasteiger partial charge in [-0.2, -0.15) is 0 Å². The van der Waals surface area contributed by atoms with Crippen LogP contribution in [0, 0.1) is 5.92 Å². The summed E-state index contributed by atoms with van der Waals surface area (Å²) in [5, 5.41) is 0. The third kappa shape index (κ3) is 9.21. The molecule has 0 saturated carbocycles. The molecule has 0 aromatic rings. The van der Waals surface area contributed by atoms with Gasteiger partial charge in [0.1, 0.15) is 0 Å². The van der Waals surface area contributed by atoms with E-state index in [9.17, 15) is 4.79 Å². The first-order chi connectivity index (χ1) is 6.76. The predicted molar refractivity (Wildman–Crippen MR) is 67.7 cm³/mol. The Morgan fingerprint density at radius 3 is 1.87 bits per heavy atom. The Hall–Kier alpha value is 0.269. The van der Waals surface area contributed by atoms with Gasteiger partial charge in [-0.05, 0) is 19.8 Å². The fourth-order valence-corrected chi connectivity index (χ4v) is 1.54. The van der Waals surface area contributed by atoms with E-state index in [0.29, 0.717) is 6.61 Å². The monoisotopic (exact) mass is 322 g/mol. The summed E-state index contributed by atoms with van der Waals surface area (Å²) in [6.45, 7) is 6.69. The van der Waals surface area contributed by atoms with Gasteiger partial charge in [0.2, 0.25) is 0 Å². The minimum atomic E-state index is 0. The van der Waals surface area contributed by atoms with E-state index in [1.165, 1.54) is 0 Å². The van der Waals surface area contributed by atoms with Crippen LogP contribution in [0.2, 0.25) is 0 Å². The second kappa shape index (κ2) is 12.3. The van der Waals surface area contributed by atoms with Gasteiger partial charge in [0.25, 0.3) is 0 Å². The second-order valence-corrected chi connectivity index (χ2v) is 3.73. The summed E-state index contributed by atoms with van der Waals surface area (Å²) in [5.74, 6) is 0.157. The Balaban J connectivity index is 0. The molecular weight excluding hydrogens is 295 g/mol. The Morgan fingerprint density at radius 1 is 1.07 bits per heavy atom. The van der Waals surface area contributed by atoms with Gasteiger partial charge >= 0.3 is 29.9 Å². The number of ether oxygens (including phenoxy) is 1. The topological polar surface area (TPSA) is 26.3 Å². The van der Waals surface area contributed by atoms with Crippen LogP contribution >= 0.6 is 0 Å². The van der Waals surface area contributed by atoms with Crippen molar-refractivity contribution in [3.8, 4) is 0 Å². The summed E-state index contributed by atoms with van der Waals surface area (Å²) >= 11 is 0. The zero-order valence-corrected chi connectivity index (χ0v) is 14.6. The molecular formula is C12H26O2Sn. The van der Waals surface area contributed by atoms with E-state index in [2.05, 4.69) is 13.8 Å². The van der Waals surface area contributed by atoms with Crippen molar-refractivity contribution in [2.45, 2.75) is 59.3 Å². The molecule has 0 unspecified atom stereocenters. The van der Waals surface area contributed by atoms with Crippen molar-refractivity contribution in [3.05, 3.63) is 0 Å². The molecule has 0 aliphatic heterocycles. The van der Waals surface area contributed by atoms with E-state index < -0.39 is 0 Å². The molecule has 90 valence electrons. The van der Waals surface area contributed by atoms with Crippen LogP contribution in [0.25, 0.3) is 0 Å². The van der Waals surface area contributed by atoms with Crippen molar-refractivity contribution in [2.75, 3.05) is 6.61 Å². The Labute approximate surface area is 111 Å². The predicted octanol–water partition coefficient (Wildman–Crippen LogP) is 2.63. The summed E-state index contributed by atoms with van der Waals surface area (Å²) < 4.78 is 5.06. The van der Waals surface area contributed by atoms with Crippen molar-refractivity contribution in [3.63, 3.8) is 0 Å². The molecule has 0 saturated heterocycles. The third-order valence-corrected chi connectivity index (χ3v) is 2.43. The zero-order valence-electron chi connectivity index (χ0n) is 10.6. The zero-order chi connectivity index (χ0) is 10.8. The van der Waals surface area contributed by atoms with Crippen molar-refractivity contribution in [1.29, 1.82) is 0 Å². The maximum atomic E-state index is 11.5. The summed E-state index contributed by atoms with van der Waals surface area (Å²) in [6, 6.07) is 0. The van der Waals surface area contributed by atoms with Crippen LogP contribution in [0.5, 0.6) is 0 Å². The Bertz CT molecular complexity index is 141. The number of carbonyl (C=O) groups excluding carboxylic acids is 1. The molecule has 0 aromatic carbocycles. The van der Waals surface area contributed by atoms with Crippen LogP contribution < -0.4 is 0 Å². The molecule has 3 heteroatoms. The Kier molecular flexibility index (Phi) is 14.5. The summed E-state index contributed by atoms with van der Waals surface area (Å²) in [5.41, 5.74) is 0. The molecule has 0 bridgehead atoms. The second-order valence-electron chi connectivity index (χ2n) is 3.73. The summed E-state index contributed by atoms with van der Waals surface area (Å²) in [7, 11) is 0. The van der Waals surface area contributed by atoms with Gasteiger partial charge in [-0.25, -0.2) is 0 Å². The molecule has 15 heavy (non-hydrogen) atoms. The number of unbranched alkanes of at least 4 members (excludes halogenated alkanes) is 2. The maximum absolute atomic E-state index is 11.5. The number of esters is 1. The van der Waals surface area contributed by atoms with E-state index in [1.807, 2.05) is 6.92 Å². The summed E-state index contributed by atoms with van der Waals surface area (Å²) in [6.07, 6.45) is 6.56. The van der Waals surface area contributed by atoms with Gasteiger partial charge in [0.15, 0.2) is 0 Å². The molecule has 2 radical (unpaired) electrons. The molecule has 0 amide bonds. The molecule has 0 aliphatic rings. The number of hydrogen-bond donors (Lipinski definition) is 0. The van der Waals surface area contributed by atoms with Crippen LogP contribution in [0.1, 0.15) is 59.3 Å². The van der Waals surface area contributed by atoms with Crippen LogP contribution in [0.15, 0.2) is 0 Å². The van der Waals surface area contributed by atoms with E-state index in [-0.39, 0.29) is 35.8 Å². The number of hydrogen-bond acceptors (Lipinski definition) is 2. The van der Waals surface area contributed by atoms with E-state index in [4.69, 9.17) is 4.74 Å². The molecule has 0 fully saturated rings. The van der Waals surface area contributed by atoms with Crippen LogP contribution in [0.4, 0.5) is 0 Å². The fourth-order valence-electron chi connectivity index (χ4n) is 1.54.